The van der Waals surface area contributed by atoms with Crippen LogP contribution in [-0.2, 0) is 6.42 Å². The first-order chi connectivity index (χ1) is 8.11. The smallest absolute Gasteiger partial charge is 0.169 e. The summed E-state index contributed by atoms with van der Waals surface area (Å²) in [5.41, 5.74) is 0.475. The summed E-state index contributed by atoms with van der Waals surface area (Å²) in [5, 5.41) is 20.3. The van der Waals surface area contributed by atoms with Gasteiger partial charge >= 0.3 is 0 Å². The van der Waals surface area contributed by atoms with Gasteiger partial charge < -0.3 is 14.9 Å². The number of hydrogen-bond acceptors (Lipinski definition) is 3. The molecule has 0 unspecified atom stereocenters. The maximum Gasteiger partial charge on any atom is 0.169 e. The molecule has 0 atom stereocenters. The molecule has 0 aliphatic rings. The third kappa shape index (κ3) is 1.56. The summed E-state index contributed by atoms with van der Waals surface area (Å²) in [6, 6.07) is 4.28. The third-order valence-electron chi connectivity index (χ3n) is 2.84. The summed E-state index contributed by atoms with van der Waals surface area (Å²) < 4.78 is 18.7. The fraction of sp³-hybridized carbons (Fsp3) is 0.231. The van der Waals surface area contributed by atoms with Gasteiger partial charge in [-0.3, -0.25) is 0 Å². The van der Waals surface area contributed by atoms with Gasteiger partial charge in [-0.15, -0.1) is 0 Å². The molecule has 0 bridgehead atoms. The number of aromatic hydroxyl groups is 2. The van der Waals surface area contributed by atoms with E-state index >= 15 is 0 Å². The lowest BCUT2D eigenvalue weighted by Crippen LogP contribution is -1.94. The van der Waals surface area contributed by atoms with E-state index in [-0.39, 0.29) is 22.6 Å². The second kappa shape index (κ2) is 4.13. The van der Waals surface area contributed by atoms with Crippen molar-refractivity contribution in [3.63, 3.8) is 0 Å². The van der Waals surface area contributed by atoms with Gasteiger partial charge in [-0.2, -0.15) is 0 Å². The number of hydrogen-bond donors (Lipinski definition) is 2. The second-order valence-corrected chi connectivity index (χ2v) is 3.72. The van der Waals surface area contributed by atoms with Gasteiger partial charge in [0, 0.05) is 10.9 Å². The van der Waals surface area contributed by atoms with Gasteiger partial charge in [-0.1, -0.05) is 19.1 Å². The van der Waals surface area contributed by atoms with E-state index < -0.39 is 5.82 Å². The molecule has 2 aromatic carbocycles. The van der Waals surface area contributed by atoms with Crippen LogP contribution in [0.15, 0.2) is 18.2 Å². The van der Waals surface area contributed by atoms with Crippen LogP contribution >= 0.6 is 0 Å². The highest BCUT2D eigenvalue weighted by Crippen LogP contribution is 2.45. The zero-order valence-electron chi connectivity index (χ0n) is 9.62. The van der Waals surface area contributed by atoms with E-state index in [2.05, 4.69) is 0 Å². The van der Waals surface area contributed by atoms with Gasteiger partial charge in [0.05, 0.1) is 12.5 Å². The van der Waals surface area contributed by atoms with Crippen LogP contribution in [0.25, 0.3) is 10.8 Å². The molecule has 2 N–H and O–H groups in total. The van der Waals surface area contributed by atoms with E-state index in [1.54, 1.807) is 6.07 Å². The highest BCUT2D eigenvalue weighted by Gasteiger charge is 2.20. The van der Waals surface area contributed by atoms with Gasteiger partial charge in [-0.25, -0.2) is 4.39 Å². The first kappa shape index (κ1) is 11.5. The minimum atomic E-state index is -0.587. The van der Waals surface area contributed by atoms with Crippen LogP contribution in [0.1, 0.15) is 12.5 Å². The molecule has 0 spiro atoms. The Bertz CT molecular complexity index is 579. The average molecular weight is 236 g/mol. The molecule has 0 radical (unpaired) electrons. The van der Waals surface area contributed by atoms with E-state index in [0.29, 0.717) is 17.4 Å². The van der Waals surface area contributed by atoms with Crippen LogP contribution in [0.3, 0.4) is 0 Å². The van der Waals surface area contributed by atoms with Gasteiger partial charge in [0.1, 0.15) is 11.6 Å². The highest BCUT2D eigenvalue weighted by atomic mass is 19.1. The quantitative estimate of drug-likeness (QED) is 0.788. The van der Waals surface area contributed by atoms with Crippen molar-refractivity contribution in [2.24, 2.45) is 0 Å². The predicted octanol–water partition coefficient (Wildman–Crippen LogP) is 2.96. The molecule has 0 heterocycles. The topological polar surface area (TPSA) is 49.7 Å². The molecule has 0 aromatic heterocycles. The predicted molar refractivity (Wildman–Crippen MR) is 63.2 cm³/mol. The van der Waals surface area contributed by atoms with Crippen molar-refractivity contribution in [3.8, 4) is 17.2 Å². The number of rotatable bonds is 2. The molecule has 0 amide bonds. The van der Waals surface area contributed by atoms with Crippen molar-refractivity contribution in [1.29, 1.82) is 0 Å². The summed E-state index contributed by atoms with van der Waals surface area (Å²) in [5.74, 6) is -0.772. The Hall–Kier alpha value is -1.97. The van der Waals surface area contributed by atoms with Crippen LogP contribution in [-0.4, -0.2) is 17.3 Å². The number of benzene rings is 2. The molecule has 2 rings (SSSR count). The second-order valence-electron chi connectivity index (χ2n) is 3.72. The maximum absolute atomic E-state index is 13.7. The zero-order chi connectivity index (χ0) is 12.6. The molecule has 0 aliphatic carbocycles. The van der Waals surface area contributed by atoms with E-state index in [4.69, 9.17) is 4.74 Å². The summed E-state index contributed by atoms with van der Waals surface area (Å²) in [4.78, 5) is 0. The zero-order valence-corrected chi connectivity index (χ0v) is 9.62. The van der Waals surface area contributed by atoms with E-state index in [0.717, 1.165) is 0 Å². The average Bonchev–Trinajstić information content (AvgIpc) is 2.33. The van der Waals surface area contributed by atoms with Crippen molar-refractivity contribution in [1.82, 2.24) is 0 Å². The van der Waals surface area contributed by atoms with Crippen molar-refractivity contribution in [2.75, 3.05) is 7.11 Å². The third-order valence-corrected chi connectivity index (χ3v) is 2.84. The fourth-order valence-electron chi connectivity index (χ4n) is 2.04. The number of phenols is 2. The lowest BCUT2D eigenvalue weighted by Gasteiger charge is -2.14. The molecule has 2 aromatic rings. The van der Waals surface area contributed by atoms with Crippen molar-refractivity contribution in [3.05, 3.63) is 29.6 Å². The lowest BCUT2D eigenvalue weighted by atomic mass is 10.0. The molecular formula is C13H13FO3. The minimum Gasteiger partial charge on any atom is -0.507 e. The molecular weight excluding hydrogens is 223 g/mol. The summed E-state index contributed by atoms with van der Waals surface area (Å²) >= 11 is 0. The van der Waals surface area contributed by atoms with Gasteiger partial charge in [0.2, 0.25) is 0 Å². The van der Waals surface area contributed by atoms with E-state index in [1.807, 2.05) is 6.92 Å². The van der Waals surface area contributed by atoms with Gasteiger partial charge in [0.25, 0.3) is 0 Å². The van der Waals surface area contributed by atoms with Crippen LogP contribution in [0, 0.1) is 5.82 Å². The number of ether oxygens (including phenoxy) is 1. The fourth-order valence-corrected chi connectivity index (χ4v) is 2.04. The molecule has 17 heavy (non-hydrogen) atoms. The molecule has 3 nitrogen and oxygen atoms in total. The Kier molecular flexibility index (Phi) is 2.79. The van der Waals surface area contributed by atoms with E-state index in [9.17, 15) is 14.6 Å². The monoisotopic (exact) mass is 236 g/mol. The molecule has 4 heteroatoms. The first-order valence-corrected chi connectivity index (χ1v) is 5.30. The number of fused-ring (bicyclic) bond motifs is 1. The number of halogens is 1. The Morgan fingerprint density at radius 2 is 1.94 bits per heavy atom. The van der Waals surface area contributed by atoms with Crippen molar-refractivity contribution in [2.45, 2.75) is 13.3 Å². The Morgan fingerprint density at radius 1 is 1.24 bits per heavy atom. The standard InChI is InChI=1S/C13H13FO3/c1-3-7-11(15)8-5-4-6-9(14)10(8)12(16)13(7)17-2/h4-6,15-16H,3H2,1-2H3. The first-order valence-electron chi connectivity index (χ1n) is 5.30. The largest absolute Gasteiger partial charge is 0.507 e. The molecule has 0 fully saturated rings. The van der Waals surface area contributed by atoms with Crippen LogP contribution in [0.5, 0.6) is 17.2 Å². The Labute approximate surface area is 98.1 Å². The number of phenolic OH excluding ortho intramolecular Hbond substituents is 2. The molecule has 0 aliphatic heterocycles. The van der Waals surface area contributed by atoms with Crippen molar-refractivity contribution < 1.29 is 19.3 Å². The molecule has 0 saturated heterocycles. The summed E-state index contributed by atoms with van der Waals surface area (Å²) in [7, 11) is 1.38. The SMILES string of the molecule is CCc1c(OC)c(O)c2c(F)cccc2c1O. The summed E-state index contributed by atoms with van der Waals surface area (Å²) in [6.07, 6.45) is 0.481. The maximum atomic E-state index is 13.7. The van der Waals surface area contributed by atoms with Crippen molar-refractivity contribution >= 4 is 10.8 Å². The van der Waals surface area contributed by atoms with Crippen LogP contribution < -0.4 is 4.74 Å². The molecule has 0 saturated carbocycles. The van der Waals surface area contributed by atoms with Gasteiger partial charge in [0.15, 0.2) is 11.5 Å². The highest BCUT2D eigenvalue weighted by molar-refractivity contribution is 5.97. The normalized spacial score (nSPS) is 10.8. The number of methoxy groups -OCH3 is 1. The Balaban J connectivity index is 2.99. The van der Waals surface area contributed by atoms with Crippen LogP contribution in [0.4, 0.5) is 4.39 Å². The van der Waals surface area contributed by atoms with Crippen LogP contribution in [0.2, 0.25) is 0 Å². The Morgan fingerprint density at radius 3 is 2.53 bits per heavy atom. The van der Waals surface area contributed by atoms with E-state index in [1.165, 1.54) is 19.2 Å². The molecule has 90 valence electrons. The minimum absolute atomic E-state index is 0.0148. The van der Waals surface area contributed by atoms with Gasteiger partial charge in [-0.05, 0) is 12.5 Å². The summed E-state index contributed by atoms with van der Waals surface area (Å²) in [6.45, 7) is 1.82. The lowest BCUT2D eigenvalue weighted by molar-refractivity contribution is 0.366.